The molecule has 0 aromatic rings. The van der Waals surface area contributed by atoms with Gasteiger partial charge in [0.1, 0.15) is 0 Å². The van der Waals surface area contributed by atoms with Crippen LogP contribution in [-0.4, -0.2) is 73.2 Å². The van der Waals surface area contributed by atoms with Gasteiger partial charge >= 0.3 is 28.3 Å². The van der Waals surface area contributed by atoms with Gasteiger partial charge in [-0.25, -0.2) is 4.79 Å². The predicted octanol–water partition coefficient (Wildman–Crippen LogP) is -1.90. The summed E-state index contributed by atoms with van der Waals surface area (Å²) in [5, 5.41) is 41.4. The van der Waals surface area contributed by atoms with Crippen LogP contribution in [0.3, 0.4) is 0 Å². The Balaban J connectivity index is -0.000000335. The molecule has 0 rings (SSSR count). The highest BCUT2D eigenvalue weighted by Crippen LogP contribution is 2.15. The SMILES string of the molecule is CCO.O=C(O)CC(O)(CC(=O)O)C(=O)O.O=S(=O)(O)O. The van der Waals surface area contributed by atoms with E-state index in [2.05, 4.69) is 0 Å². The van der Waals surface area contributed by atoms with Crippen LogP contribution in [0.1, 0.15) is 19.8 Å². The fourth-order valence-electron chi connectivity index (χ4n) is 0.714. The van der Waals surface area contributed by atoms with Crippen LogP contribution in [0.25, 0.3) is 0 Å². The second kappa shape index (κ2) is 10.9. The molecule has 0 atom stereocenters. The predicted molar refractivity (Wildman–Crippen MR) is 64.0 cm³/mol. The fourth-order valence-corrected chi connectivity index (χ4v) is 0.714. The monoisotopic (exact) mass is 336 g/mol. The lowest BCUT2D eigenvalue weighted by molar-refractivity contribution is -0.170. The number of rotatable bonds is 5. The van der Waals surface area contributed by atoms with E-state index in [0.29, 0.717) is 0 Å². The molecule has 126 valence electrons. The molecule has 0 aliphatic rings. The summed E-state index contributed by atoms with van der Waals surface area (Å²) in [5.41, 5.74) is -2.74. The summed E-state index contributed by atoms with van der Waals surface area (Å²) in [6.07, 6.45) is -2.29. The summed E-state index contributed by atoms with van der Waals surface area (Å²) < 4.78 is 31.6. The molecular formula is C8H16O12S. The Kier molecular flexibility index (Phi) is 12.6. The van der Waals surface area contributed by atoms with E-state index in [1.807, 2.05) is 0 Å². The number of aliphatic hydroxyl groups is 2. The molecule has 7 N–H and O–H groups in total. The van der Waals surface area contributed by atoms with Crippen molar-refractivity contribution in [2.45, 2.75) is 25.4 Å². The summed E-state index contributed by atoms with van der Waals surface area (Å²) in [6, 6.07) is 0. The van der Waals surface area contributed by atoms with Gasteiger partial charge in [-0.3, -0.25) is 18.7 Å². The van der Waals surface area contributed by atoms with Gasteiger partial charge in [0.15, 0.2) is 5.60 Å². The standard InChI is InChI=1S/C6H8O7.C2H6O.H2O4S/c7-3(8)1-6(13,5(11)12)2-4(9)10;1-2-3;1-5(2,3)4/h13H,1-2H2,(H,7,8)(H,9,10)(H,11,12);3H,2H2,1H3;(H2,1,2,3,4). The minimum Gasteiger partial charge on any atom is -0.481 e. The molecule has 0 fully saturated rings. The molecule has 13 heteroatoms. The zero-order valence-electron chi connectivity index (χ0n) is 10.7. The van der Waals surface area contributed by atoms with Crippen molar-refractivity contribution in [2.24, 2.45) is 0 Å². The van der Waals surface area contributed by atoms with Crippen molar-refractivity contribution in [3.63, 3.8) is 0 Å². The first-order chi connectivity index (χ1) is 9.19. The van der Waals surface area contributed by atoms with E-state index in [-0.39, 0.29) is 6.61 Å². The lowest BCUT2D eigenvalue weighted by atomic mass is 9.96. The van der Waals surface area contributed by atoms with Gasteiger partial charge in [0, 0.05) is 6.61 Å². The van der Waals surface area contributed by atoms with Gasteiger partial charge in [0.05, 0.1) is 12.8 Å². The lowest BCUT2D eigenvalue weighted by Crippen LogP contribution is -2.42. The van der Waals surface area contributed by atoms with Crippen molar-refractivity contribution < 1.29 is 57.4 Å². The average molecular weight is 336 g/mol. The van der Waals surface area contributed by atoms with Crippen LogP contribution in [0.4, 0.5) is 0 Å². The van der Waals surface area contributed by atoms with Gasteiger partial charge in [0.2, 0.25) is 0 Å². The Hall–Kier alpha value is -1.80. The molecule has 0 saturated heterocycles. The maximum atomic E-state index is 10.3. The minimum absolute atomic E-state index is 0.250. The molecule has 0 unspecified atom stereocenters. The average Bonchev–Trinajstić information content (AvgIpc) is 2.12. The Morgan fingerprint density at radius 2 is 1.14 bits per heavy atom. The van der Waals surface area contributed by atoms with Crippen LogP contribution in [0.15, 0.2) is 0 Å². The number of carboxylic acid groups (broad SMARTS) is 3. The topological polar surface area (TPSA) is 227 Å². The highest BCUT2D eigenvalue weighted by molar-refractivity contribution is 7.79. The third kappa shape index (κ3) is 23.7. The molecule has 12 nitrogen and oxygen atoms in total. The van der Waals surface area contributed by atoms with E-state index >= 15 is 0 Å². The van der Waals surface area contributed by atoms with Crippen molar-refractivity contribution >= 4 is 28.3 Å². The first-order valence-electron chi connectivity index (χ1n) is 4.89. The van der Waals surface area contributed by atoms with Crippen molar-refractivity contribution in [3.05, 3.63) is 0 Å². The summed E-state index contributed by atoms with van der Waals surface area (Å²) in [7, 11) is -4.67. The summed E-state index contributed by atoms with van der Waals surface area (Å²) in [6.45, 7) is 1.93. The number of aliphatic hydroxyl groups excluding tert-OH is 1. The smallest absolute Gasteiger partial charge is 0.394 e. The Morgan fingerprint density at radius 1 is 0.952 bits per heavy atom. The highest BCUT2D eigenvalue weighted by atomic mass is 32.3. The van der Waals surface area contributed by atoms with Crippen LogP contribution < -0.4 is 0 Å². The third-order valence-corrected chi connectivity index (χ3v) is 1.29. The molecule has 0 heterocycles. The minimum atomic E-state index is -4.67. The third-order valence-electron chi connectivity index (χ3n) is 1.29. The first-order valence-corrected chi connectivity index (χ1v) is 6.29. The molecule has 21 heavy (non-hydrogen) atoms. The van der Waals surface area contributed by atoms with E-state index in [1.54, 1.807) is 6.92 Å². The van der Waals surface area contributed by atoms with E-state index in [0.717, 1.165) is 0 Å². The van der Waals surface area contributed by atoms with Gasteiger partial charge in [-0.2, -0.15) is 8.42 Å². The maximum absolute atomic E-state index is 10.3. The number of hydrogen-bond acceptors (Lipinski definition) is 7. The van der Waals surface area contributed by atoms with E-state index in [9.17, 15) is 14.4 Å². The molecular weight excluding hydrogens is 320 g/mol. The second-order valence-corrected chi connectivity index (χ2v) is 4.14. The normalized spacial score (nSPS) is 10.3. The van der Waals surface area contributed by atoms with Crippen LogP contribution in [0.5, 0.6) is 0 Å². The molecule has 0 aromatic carbocycles. The highest BCUT2D eigenvalue weighted by Gasteiger charge is 2.40. The van der Waals surface area contributed by atoms with Crippen LogP contribution in [0, 0.1) is 0 Å². The van der Waals surface area contributed by atoms with E-state index in [1.165, 1.54) is 0 Å². The van der Waals surface area contributed by atoms with Gasteiger partial charge in [0.25, 0.3) is 0 Å². The van der Waals surface area contributed by atoms with Gasteiger partial charge in [-0.05, 0) is 6.92 Å². The molecule has 0 amide bonds. The van der Waals surface area contributed by atoms with E-state index in [4.69, 9.17) is 43.1 Å². The fraction of sp³-hybridized carbons (Fsp3) is 0.625. The second-order valence-electron chi connectivity index (χ2n) is 3.24. The molecule has 0 spiro atoms. The molecule has 0 bridgehead atoms. The first kappa shape index (κ1) is 24.2. The quantitative estimate of drug-likeness (QED) is 0.273. The van der Waals surface area contributed by atoms with Crippen molar-refractivity contribution in [2.75, 3.05) is 6.61 Å². The Bertz CT molecular complexity index is 414. The zero-order valence-corrected chi connectivity index (χ0v) is 11.5. The Morgan fingerprint density at radius 3 is 1.24 bits per heavy atom. The number of hydrogen-bond donors (Lipinski definition) is 7. The van der Waals surface area contributed by atoms with Gasteiger partial charge < -0.3 is 25.5 Å². The molecule has 0 aliphatic carbocycles. The largest absolute Gasteiger partial charge is 0.481 e. The Labute approximate surface area is 118 Å². The van der Waals surface area contributed by atoms with E-state index < -0.39 is 46.7 Å². The number of carbonyl (C=O) groups is 3. The number of carboxylic acids is 3. The van der Waals surface area contributed by atoms with Crippen LogP contribution >= 0.6 is 0 Å². The molecule has 0 radical (unpaired) electrons. The van der Waals surface area contributed by atoms with Crippen LogP contribution in [-0.2, 0) is 24.8 Å². The molecule has 0 aromatic heterocycles. The summed E-state index contributed by atoms with van der Waals surface area (Å²) >= 11 is 0. The van der Waals surface area contributed by atoms with Crippen LogP contribution in [0.2, 0.25) is 0 Å². The zero-order chi connectivity index (χ0) is 17.9. The van der Waals surface area contributed by atoms with Gasteiger partial charge in [-0.15, -0.1) is 0 Å². The summed E-state index contributed by atoms with van der Waals surface area (Å²) in [5.74, 6) is -5.02. The summed E-state index contributed by atoms with van der Waals surface area (Å²) in [4.78, 5) is 30.5. The molecule has 0 saturated carbocycles. The molecule has 0 aliphatic heterocycles. The van der Waals surface area contributed by atoms with Crippen molar-refractivity contribution in [1.82, 2.24) is 0 Å². The maximum Gasteiger partial charge on any atom is 0.394 e. The van der Waals surface area contributed by atoms with Crippen molar-refractivity contribution in [3.8, 4) is 0 Å². The lowest BCUT2D eigenvalue weighted by Gasteiger charge is -2.18. The van der Waals surface area contributed by atoms with Gasteiger partial charge in [-0.1, -0.05) is 0 Å². The van der Waals surface area contributed by atoms with Crippen molar-refractivity contribution in [1.29, 1.82) is 0 Å². The number of aliphatic carboxylic acids is 3.